The molecule has 3 N–H and O–H groups in total. The number of carboxylic acid groups (broad SMARTS) is 2. The van der Waals surface area contributed by atoms with Crippen molar-refractivity contribution in [1.29, 1.82) is 0 Å². The molecule has 6 heteroatoms. The van der Waals surface area contributed by atoms with E-state index in [1.807, 2.05) is 12.2 Å². The summed E-state index contributed by atoms with van der Waals surface area (Å²) in [7, 11) is 0. The number of carbonyl (C=O) groups is 3. The monoisotopic (exact) mass is 301 g/mol. The maximum atomic E-state index is 12.8. The van der Waals surface area contributed by atoms with Gasteiger partial charge in [0.05, 0.1) is 5.57 Å². The molecule has 1 fully saturated rings. The second kappa shape index (κ2) is 5.38. The summed E-state index contributed by atoms with van der Waals surface area (Å²) in [5, 5.41) is 21.4. The fourth-order valence-corrected chi connectivity index (χ4v) is 3.52. The van der Waals surface area contributed by atoms with Gasteiger partial charge in [-0.15, -0.1) is 0 Å². The van der Waals surface area contributed by atoms with Crippen LogP contribution in [-0.2, 0) is 14.4 Å². The number of hydrogen-bond acceptors (Lipinski definition) is 4. The van der Waals surface area contributed by atoms with Gasteiger partial charge in [-0.25, -0.2) is 9.59 Å². The highest BCUT2D eigenvalue weighted by atomic mass is 16.4. The van der Waals surface area contributed by atoms with Crippen LogP contribution < -0.4 is 5.32 Å². The SMILES string of the molecule is O=C(O)/C=C(\C(=O)O)C1=C2CNCC2C2C=CC=CC2C1=O. The van der Waals surface area contributed by atoms with Crippen molar-refractivity contribution in [2.75, 3.05) is 13.1 Å². The molecule has 3 aliphatic rings. The number of aliphatic carboxylic acids is 2. The topological polar surface area (TPSA) is 104 Å². The molecular weight excluding hydrogens is 286 g/mol. The van der Waals surface area contributed by atoms with E-state index in [9.17, 15) is 19.5 Å². The molecule has 114 valence electrons. The number of allylic oxidation sites excluding steroid dienone is 4. The molecule has 3 atom stereocenters. The Kier molecular flexibility index (Phi) is 3.54. The number of fused-ring (bicyclic) bond motifs is 3. The van der Waals surface area contributed by atoms with E-state index in [1.54, 1.807) is 12.2 Å². The molecule has 22 heavy (non-hydrogen) atoms. The minimum atomic E-state index is -1.39. The highest BCUT2D eigenvalue weighted by molar-refractivity contribution is 6.14. The summed E-state index contributed by atoms with van der Waals surface area (Å²) in [6, 6.07) is 0. The van der Waals surface area contributed by atoms with Gasteiger partial charge in [-0.05, 0) is 11.5 Å². The van der Waals surface area contributed by atoms with Crippen LogP contribution in [0, 0.1) is 17.8 Å². The first-order valence-corrected chi connectivity index (χ1v) is 7.02. The number of hydrogen-bond donors (Lipinski definition) is 3. The lowest BCUT2D eigenvalue weighted by Crippen LogP contribution is -2.37. The Morgan fingerprint density at radius 1 is 1.23 bits per heavy atom. The zero-order chi connectivity index (χ0) is 15.9. The van der Waals surface area contributed by atoms with Gasteiger partial charge in [0.1, 0.15) is 0 Å². The molecule has 0 spiro atoms. The van der Waals surface area contributed by atoms with Crippen LogP contribution in [0.2, 0.25) is 0 Å². The Bertz CT molecular complexity index is 683. The smallest absolute Gasteiger partial charge is 0.336 e. The Morgan fingerprint density at radius 3 is 2.64 bits per heavy atom. The van der Waals surface area contributed by atoms with Crippen molar-refractivity contribution in [1.82, 2.24) is 5.32 Å². The van der Waals surface area contributed by atoms with Crippen LogP contribution in [0.15, 0.2) is 47.1 Å². The number of rotatable bonds is 3. The number of Topliss-reactive ketones (excluding diaryl/α,β-unsaturated/α-hetero) is 1. The normalized spacial score (nSPS) is 30.3. The van der Waals surface area contributed by atoms with Crippen LogP contribution in [0.3, 0.4) is 0 Å². The van der Waals surface area contributed by atoms with Crippen molar-refractivity contribution in [2.24, 2.45) is 17.8 Å². The van der Waals surface area contributed by atoms with Crippen molar-refractivity contribution in [3.8, 4) is 0 Å². The molecule has 6 nitrogen and oxygen atoms in total. The summed E-state index contributed by atoms with van der Waals surface area (Å²) in [5.41, 5.74) is 0.342. The molecule has 0 bridgehead atoms. The zero-order valence-corrected chi connectivity index (χ0v) is 11.7. The van der Waals surface area contributed by atoms with Gasteiger partial charge in [0.15, 0.2) is 5.78 Å². The van der Waals surface area contributed by atoms with Crippen LogP contribution in [0.5, 0.6) is 0 Å². The van der Waals surface area contributed by atoms with E-state index < -0.39 is 23.4 Å². The molecule has 1 saturated heterocycles. The summed E-state index contributed by atoms with van der Waals surface area (Å²) in [6.45, 7) is 1.07. The van der Waals surface area contributed by atoms with Gasteiger partial charge in [-0.1, -0.05) is 24.3 Å². The minimum Gasteiger partial charge on any atom is -0.478 e. The predicted octanol–water partition coefficient (Wildman–Crippen LogP) is 0.539. The number of ketones is 1. The van der Waals surface area contributed by atoms with E-state index >= 15 is 0 Å². The number of carbonyl (C=O) groups excluding carboxylic acids is 1. The third-order valence-corrected chi connectivity index (χ3v) is 4.41. The van der Waals surface area contributed by atoms with Gasteiger partial charge in [0, 0.05) is 36.6 Å². The van der Waals surface area contributed by atoms with E-state index in [0.717, 1.165) is 0 Å². The molecule has 0 aromatic carbocycles. The average molecular weight is 301 g/mol. The van der Waals surface area contributed by atoms with Crippen LogP contribution in [0.25, 0.3) is 0 Å². The lowest BCUT2D eigenvalue weighted by atomic mass is 9.66. The van der Waals surface area contributed by atoms with Gasteiger partial charge in [0.2, 0.25) is 0 Å². The Morgan fingerprint density at radius 2 is 1.95 bits per heavy atom. The molecule has 0 radical (unpaired) electrons. The molecule has 1 heterocycles. The quantitative estimate of drug-likeness (QED) is 0.657. The van der Waals surface area contributed by atoms with Gasteiger partial charge < -0.3 is 15.5 Å². The van der Waals surface area contributed by atoms with Crippen LogP contribution >= 0.6 is 0 Å². The molecule has 0 aromatic heterocycles. The largest absolute Gasteiger partial charge is 0.478 e. The second-order valence-electron chi connectivity index (χ2n) is 5.58. The fraction of sp³-hybridized carbons (Fsp3) is 0.312. The van der Waals surface area contributed by atoms with E-state index in [4.69, 9.17) is 5.11 Å². The summed E-state index contributed by atoms with van der Waals surface area (Å²) in [6.07, 6.45) is 8.01. The minimum absolute atomic E-state index is 0.00567. The number of carboxylic acids is 2. The number of nitrogens with one attached hydrogen (secondary N) is 1. The Balaban J connectivity index is 2.17. The summed E-state index contributed by atoms with van der Waals surface area (Å²) in [5.74, 6) is -3.47. The van der Waals surface area contributed by atoms with Crippen LogP contribution in [0.4, 0.5) is 0 Å². The summed E-state index contributed by atoms with van der Waals surface area (Å²) < 4.78 is 0. The van der Waals surface area contributed by atoms with Crippen molar-refractivity contribution >= 4 is 17.7 Å². The molecule has 3 unspecified atom stereocenters. The molecule has 2 aliphatic carbocycles. The van der Waals surface area contributed by atoms with Gasteiger partial charge in [-0.2, -0.15) is 0 Å². The third-order valence-electron chi connectivity index (χ3n) is 4.41. The first-order chi connectivity index (χ1) is 10.5. The Labute approximate surface area is 126 Å². The van der Waals surface area contributed by atoms with E-state index in [2.05, 4.69) is 5.32 Å². The summed E-state index contributed by atoms with van der Waals surface area (Å²) >= 11 is 0. The fourth-order valence-electron chi connectivity index (χ4n) is 3.52. The lowest BCUT2D eigenvalue weighted by molar-refractivity contribution is -0.135. The first kappa shape index (κ1) is 14.5. The lowest BCUT2D eigenvalue weighted by Gasteiger charge is -2.35. The molecule has 0 amide bonds. The maximum Gasteiger partial charge on any atom is 0.336 e. The van der Waals surface area contributed by atoms with Crippen LogP contribution in [-0.4, -0.2) is 41.0 Å². The van der Waals surface area contributed by atoms with Crippen LogP contribution in [0.1, 0.15) is 0 Å². The van der Waals surface area contributed by atoms with Gasteiger partial charge in [-0.3, -0.25) is 4.79 Å². The van der Waals surface area contributed by atoms with Gasteiger partial charge >= 0.3 is 11.9 Å². The molecule has 3 rings (SSSR count). The highest BCUT2D eigenvalue weighted by Crippen LogP contribution is 2.43. The van der Waals surface area contributed by atoms with E-state index in [0.29, 0.717) is 24.7 Å². The predicted molar refractivity (Wildman–Crippen MR) is 77.0 cm³/mol. The molecule has 1 aliphatic heterocycles. The molecule has 0 saturated carbocycles. The van der Waals surface area contributed by atoms with Crippen molar-refractivity contribution in [3.63, 3.8) is 0 Å². The van der Waals surface area contributed by atoms with Gasteiger partial charge in [0.25, 0.3) is 0 Å². The average Bonchev–Trinajstić information content (AvgIpc) is 2.95. The maximum absolute atomic E-state index is 12.8. The first-order valence-electron chi connectivity index (χ1n) is 7.02. The van der Waals surface area contributed by atoms with Crippen molar-refractivity contribution in [3.05, 3.63) is 47.1 Å². The second-order valence-corrected chi connectivity index (χ2v) is 5.58. The molecule has 0 aromatic rings. The van der Waals surface area contributed by atoms with Crippen molar-refractivity contribution < 1.29 is 24.6 Å². The molecular formula is C16H15NO5. The Hall–Kier alpha value is -2.47. The third kappa shape index (κ3) is 2.21. The standard InChI is InChI=1S/C16H15NO5/c18-13(19)5-10(16(21)22)14-12-7-17-6-11(12)8-3-1-2-4-9(8)15(14)20/h1-5,8-9,11,17H,6-7H2,(H,18,19)(H,21,22)/b10-5-. The van der Waals surface area contributed by atoms with Crippen molar-refractivity contribution in [2.45, 2.75) is 0 Å². The summed E-state index contributed by atoms with van der Waals surface area (Å²) in [4.78, 5) is 35.1. The van der Waals surface area contributed by atoms with E-state index in [-0.39, 0.29) is 23.2 Å². The highest BCUT2D eigenvalue weighted by Gasteiger charge is 2.45. The van der Waals surface area contributed by atoms with E-state index in [1.165, 1.54) is 0 Å². The zero-order valence-electron chi connectivity index (χ0n) is 11.7.